The molecule has 0 amide bonds. The van der Waals surface area contributed by atoms with Gasteiger partial charge in [-0.2, -0.15) is 4.39 Å². The molecule has 1 fully saturated rings. The number of likely N-dealkylation sites (tertiary alicyclic amines) is 1. The molecule has 0 aliphatic carbocycles. The van der Waals surface area contributed by atoms with Crippen LogP contribution in [0.4, 0.5) is 8.78 Å². The van der Waals surface area contributed by atoms with Gasteiger partial charge < -0.3 is 4.74 Å². The molecule has 1 saturated heterocycles. The van der Waals surface area contributed by atoms with Crippen LogP contribution in [-0.4, -0.2) is 29.7 Å². The second-order valence-corrected chi connectivity index (χ2v) is 3.19. The highest BCUT2D eigenvalue weighted by molar-refractivity contribution is 5.17. The number of aromatic nitrogens is 1. The van der Waals surface area contributed by atoms with Gasteiger partial charge in [0.15, 0.2) is 5.82 Å². The van der Waals surface area contributed by atoms with E-state index in [0.29, 0.717) is 6.73 Å². The summed E-state index contributed by atoms with van der Waals surface area (Å²) in [6.07, 6.45) is 2.34. The van der Waals surface area contributed by atoms with Crippen molar-refractivity contribution in [3.05, 3.63) is 24.0 Å². The van der Waals surface area contributed by atoms with Crippen molar-refractivity contribution in [3.63, 3.8) is 0 Å². The quantitative estimate of drug-likeness (QED) is 0.689. The first-order valence-corrected chi connectivity index (χ1v) is 4.42. The third-order valence-electron chi connectivity index (χ3n) is 2.13. The highest BCUT2D eigenvalue weighted by atomic mass is 19.2. The lowest BCUT2D eigenvalue weighted by atomic mass is 10.2. The summed E-state index contributed by atoms with van der Waals surface area (Å²) in [5.41, 5.74) is 0. The van der Waals surface area contributed by atoms with E-state index in [4.69, 9.17) is 4.74 Å². The van der Waals surface area contributed by atoms with Crippen molar-refractivity contribution >= 4 is 0 Å². The molecule has 0 saturated carbocycles. The fourth-order valence-electron chi connectivity index (χ4n) is 1.16. The average molecular weight is 200 g/mol. The van der Waals surface area contributed by atoms with E-state index in [0.717, 1.165) is 19.2 Å². The van der Waals surface area contributed by atoms with Crippen molar-refractivity contribution in [1.82, 2.24) is 9.88 Å². The summed E-state index contributed by atoms with van der Waals surface area (Å²) in [5.74, 6) is -1.82. The molecule has 0 aromatic carbocycles. The molecule has 0 spiro atoms. The molecule has 76 valence electrons. The van der Waals surface area contributed by atoms with E-state index in [1.54, 1.807) is 0 Å². The predicted molar refractivity (Wildman–Crippen MR) is 45.8 cm³/mol. The van der Waals surface area contributed by atoms with E-state index in [2.05, 4.69) is 9.88 Å². The maximum Gasteiger partial charge on any atom is 0.249 e. The number of hydrogen-bond acceptors (Lipinski definition) is 3. The van der Waals surface area contributed by atoms with Crippen LogP contribution >= 0.6 is 0 Å². The molecule has 2 heterocycles. The molecule has 5 heteroatoms. The van der Waals surface area contributed by atoms with Gasteiger partial charge in [-0.3, -0.25) is 4.90 Å². The molecule has 14 heavy (non-hydrogen) atoms. The number of halogens is 2. The Hall–Kier alpha value is -1.23. The minimum atomic E-state index is -1.10. The fourth-order valence-corrected chi connectivity index (χ4v) is 1.16. The SMILES string of the molecule is Fc1cc(OCN2CCC2)cnc1F. The van der Waals surface area contributed by atoms with Gasteiger partial charge in [0.05, 0.1) is 6.20 Å². The molecule has 1 aliphatic rings. The molecular weight excluding hydrogens is 190 g/mol. The van der Waals surface area contributed by atoms with Crippen LogP contribution in [0.25, 0.3) is 0 Å². The van der Waals surface area contributed by atoms with Gasteiger partial charge in [0.25, 0.3) is 0 Å². The third-order valence-corrected chi connectivity index (χ3v) is 2.13. The topological polar surface area (TPSA) is 25.4 Å². The Bertz CT molecular complexity index is 329. The van der Waals surface area contributed by atoms with Crippen molar-refractivity contribution in [2.45, 2.75) is 6.42 Å². The molecule has 1 aromatic heterocycles. The predicted octanol–water partition coefficient (Wildman–Crippen LogP) is 1.40. The molecule has 0 unspecified atom stereocenters. The fraction of sp³-hybridized carbons (Fsp3) is 0.444. The zero-order valence-corrected chi connectivity index (χ0v) is 7.54. The lowest BCUT2D eigenvalue weighted by Crippen LogP contribution is -2.39. The second kappa shape index (κ2) is 3.88. The first-order chi connectivity index (χ1) is 6.75. The van der Waals surface area contributed by atoms with Crippen molar-refractivity contribution in [1.29, 1.82) is 0 Å². The highest BCUT2D eigenvalue weighted by Crippen LogP contribution is 2.14. The summed E-state index contributed by atoms with van der Waals surface area (Å²) in [6.45, 7) is 2.40. The Balaban J connectivity index is 1.91. The van der Waals surface area contributed by atoms with Crippen LogP contribution in [0.1, 0.15) is 6.42 Å². The van der Waals surface area contributed by atoms with E-state index in [1.165, 1.54) is 12.6 Å². The summed E-state index contributed by atoms with van der Waals surface area (Å²) in [7, 11) is 0. The second-order valence-electron chi connectivity index (χ2n) is 3.19. The van der Waals surface area contributed by atoms with Gasteiger partial charge in [0.1, 0.15) is 12.5 Å². The van der Waals surface area contributed by atoms with Crippen molar-refractivity contribution in [3.8, 4) is 5.75 Å². The largest absolute Gasteiger partial charge is 0.476 e. The van der Waals surface area contributed by atoms with Gasteiger partial charge >= 0.3 is 0 Å². The standard InChI is InChI=1S/C9H10F2N2O/c10-8-4-7(5-12-9(8)11)14-6-13-2-1-3-13/h4-5H,1-3,6H2. The van der Waals surface area contributed by atoms with Crippen molar-refractivity contribution in [2.24, 2.45) is 0 Å². The van der Waals surface area contributed by atoms with Crippen LogP contribution in [-0.2, 0) is 0 Å². The molecular formula is C9H10F2N2O. The first kappa shape index (κ1) is 9.33. The third kappa shape index (κ3) is 1.98. The maximum absolute atomic E-state index is 12.7. The molecule has 0 atom stereocenters. The molecule has 0 radical (unpaired) electrons. The molecule has 3 nitrogen and oxygen atoms in total. The molecule has 0 N–H and O–H groups in total. The Morgan fingerprint density at radius 2 is 2.21 bits per heavy atom. The average Bonchev–Trinajstić information content (AvgIpc) is 2.08. The molecule has 2 rings (SSSR count). The van der Waals surface area contributed by atoms with Gasteiger partial charge in [0.2, 0.25) is 5.95 Å². The highest BCUT2D eigenvalue weighted by Gasteiger charge is 2.14. The first-order valence-electron chi connectivity index (χ1n) is 4.42. The van der Waals surface area contributed by atoms with Gasteiger partial charge in [-0.1, -0.05) is 0 Å². The Morgan fingerprint density at radius 1 is 1.43 bits per heavy atom. The summed E-state index contributed by atoms with van der Waals surface area (Å²) >= 11 is 0. The Morgan fingerprint density at radius 3 is 2.79 bits per heavy atom. The minimum Gasteiger partial charge on any atom is -0.476 e. The van der Waals surface area contributed by atoms with Crippen LogP contribution in [0.3, 0.4) is 0 Å². The lowest BCUT2D eigenvalue weighted by Gasteiger charge is -2.29. The smallest absolute Gasteiger partial charge is 0.249 e. The summed E-state index contributed by atoms with van der Waals surface area (Å²) in [4.78, 5) is 5.27. The normalized spacial score (nSPS) is 16.4. The molecule has 0 bridgehead atoms. The monoisotopic (exact) mass is 200 g/mol. The zero-order chi connectivity index (χ0) is 9.97. The summed E-state index contributed by atoms with van der Waals surface area (Å²) < 4.78 is 30.3. The van der Waals surface area contributed by atoms with E-state index < -0.39 is 11.8 Å². The van der Waals surface area contributed by atoms with E-state index in [-0.39, 0.29) is 5.75 Å². The van der Waals surface area contributed by atoms with Crippen LogP contribution in [0.15, 0.2) is 12.3 Å². The summed E-state index contributed by atoms with van der Waals surface area (Å²) in [6, 6.07) is 1.00. The van der Waals surface area contributed by atoms with Crippen LogP contribution in [0, 0.1) is 11.8 Å². The van der Waals surface area contributed by atoms with E-state index >= 15 is 0 Å². The van der Waals surface area contributed by atoms with E-state index in [9.17, 15) is 8.78 Å². The number of hydrogen-bond donors (Lipinski definition) is 0. The Kier molecular flexibility index (Phi) is 2.58. The number of nitrogens with zero attached hydrogens (tertiary/aromatic N) is 2. The maximum atomic E-state index is 12.7. The van der Waals surface area contributed by atoms with Crippen LogP contribution in [0.5, 0.6) is 5.75 Å². The number of ether oxygens (including phenoxy) is 1. The molecule has 1 aliphatic heterocycles. The number of pyridine rings is 1. The van der Waals surface area contributed by atoms with Gasteiger partial charge in [-0.25, -0.2) is 9.37 Å². The minimum absolute atomic E-state index is 0.260. The summed E-state index contributed by atoms with van der Waals surface area (Å²) in [5, 5.41) is 0. The zero-order valence-electron chi connectivity index (χ0n) is 7.54. The van der Waals surface area contributed by atoms with Gasteiger partial charge in [-0.05, 0) is 6.42 Å². The van der Waals surface area contributed by atoms with Crippen LogP contribution in [0.2, 0.25) is 0 Å². The number of rotatable bonds is 3. The van der Waals surface area contributed by atoms with E-state index in [1.807, 2.05) is 0 Å². The van der Waals surface area contributed by atoms with Crippen molar-refractivity contribution in [2.75, 3.05) is 19.8 Å². The van der Waals surface area contributed by atoms with Gasteiger partial charge in [-0.15, -0.1) is 0 Å². The van der Waals surface area contributed by atoms with Crippen LogP contribution < -0.4 is 4.74 Å². The van der Waals surface area contributed by atoms with Crippen molar-refractivity contribution < 1.29 is 13.5 Å². The lowest BCUT2D eigenvalue weighted by molar-refractivity contribution is 0.0725. The molecule has 1 aromatic rings. The Labute approximate surface area is 80.3 Å². The van der Waals surface area contributed by atoms with Gasteiger partial charge in [0, 0.05) is 19.2 Å².